The molecule has 0 aliphatic rings. The lowest BCUT2D eigenvalue weighted by Crippen LogP contribution is -2.27. The van der Waals surface area contributed by atoms with Crippen LogP contribution in [0.1, 0.15) is 20.7 Å². The van der Waals surface area contributed by atoms with Gasteiger partial charge in [0.1, 0.15) is 0 Å². The molecule has 3 rings (SSSR count). The van der Waals surface area contributed by atoms with Crippen LogP contribution in [0.4, 0.5) is 0 Å². The second-order valence-corrected chi connectivity index (χ2v) is 5.61. The number of esters is 1. The first-order valence-electron chi connectivity index (χ1n) is 8.23. The zero-order valence-corrected chi connectivity index (χ0v) is 14.4. The standard InChI is InChI=1S/C20H19N3O3/c1-26-20(25)18-10-5-3-8-16(18)15-7-2-4-9-17(15)19(24)21-12-14-23-13-6-11-22-23/h2-11,13H,12,14H2,1H3,(H,21,24). The zero-order chi connectivity index (χ0) is 18.4. The molecule has 0 unspecified atom stereocenters. The van der Waals surface area contributed by atoms with Crippen LogP contribution < -0.4 is 5.32 Å². The fourth-order valence-electron chi connectivity index (χ4n) is 2.73. The van der Waals surface area contributed by atoms with E-state index in [-0.39, 0.29) is 5.91 Å². The highest BCUT2D eigenvalue weighted by Gasteiger charge is 2.17. The summed E-state index contributed by atoms with van der Waals surface area (Å²) < 4.78 is 6.60. The molecule has 0 spiro atoms. The fraction of sp³-hybridized carbons (Fsp3) is 0.150. The van der Waals surface area contributed by atoms with E-state index in [9.17, 15) is 9.59 Å². The molecule has 0 radical (unpaired) electrons. The lowest BCUT2D eigenvalue weighted by atomic mass is 9.95. The highest BCUT2D eigenvalue weighted by Crippen LogP contribution is 2.27. The third-order valence-electron chi connectivity index (χ3n) is 3.98. The average molecular weight is 349 g/mol. The van der Waals surface area contributed by atoms with Crippen LogP contribution in [-0.2, 0) is 11.3 Å². The Hall–Kier alpha value is -3.41. The van der Waals surface area contributed by atoms with Crippen molar-refractivity contribution in [3.05, 3.63) is 78.1 Å². The van der Waals surface area contributed by atoms with Gasteiger partial charge in [0.2, 0.25) is 0 Å². The van der Waals surface area contributed by atoms with E-state index in [1.807, 2.05) is 36.5 Å². The molecule has 2 aromatic carbocycles. The number of methoxy groups -OCH3 is 1. The van der Waals surface area contributed by atoms with E-state index < -0.39 is 5.97 Å². The van der Waals surface area contributed by atoms with Gasteiger partial charge in [0.15, 0.2) is 0 Å². The molecule has 3 aromatic rings. The summed E-state index contributed by atoms with van der Waals surface area (Å²) in [5, 5.41) is 7.00. The number of nitrogens with one attached hydrogen (secondary N) is 1. The Morgan fingerprint density at radius 3 is 2.31 bits per heavy atom. The van der Waals surface area contributed by atoms with E-state index in [0.717, 1.165) is 0 Å². The lowest BCUT2D eigenvalue weighted by Gasteiger charge is -2.13. The van der Waals surface area contributed by atoms with Gasteiger partial charge in [0.05, 0.1) is 19.2 Å². The minimum Gasteiger partial charge on any atom is -0.465 e. The Morgan fingerprint density at radius 1 is 1.00 bits per heavy atom. The first-order valence-corrected chi connectivity index (χ1v) is 8.23. The third kappa shape index (κ3) is 3.80. The van der Waals surface area contributed by atoms with Crippen LogP contribution in [0.5, 0.6) is 0 Å². The molecule has 6 nitrogen and oxygen atoms in total. The number of rotatable bonds is 6. The average Bonchev–Trinajstić information content (AvgIpc) is 3.21. The Kier molecular flexibility index (Phi) is 5.43. The SMILES string of the molecule is COC(=O)c1ccccc1-c1ccccc1C(=O)NCCn1cccn1. The van der Waals surface area contributed by atoms with Crippen molar-refractivity contribution >= 4 is 11.9 Å². The molecule has 1 N–H and O–H groups in total. The monoisotopic (exact) mass is 349 g/mol. The van der Waals surface area contributed by atoms with Gasteiger partial charge >= 0.3 is 5.97 Å². The number of nitrogens with zero attached hydrogens (tertiary/aromatic N) is 2. The number of amides is 1. The summed E-state index contributed by atoms with van der Waals surface area (Å²) in [6, 6.07) is 16.1. The van der Waals surface area contributed by atoms with E-state index in [1.165, 1.54) is 7.11 Å². The second kappa shape index (κ2) is 8.11. The maximum absolute atomic E-state index is 12.7. The van der Waals surface area contributed by atoms with E-state index in [2.05, 4.69) is 10.4 Å². The topological polar surface area (TPSA) is 73.2 Å². The van der Waals surface area contributed by atoms with Crippen molar-refractivity contribution in [2.75, 3.05) is 13.7 Å². The first-order chi connectivity index (χ1) is 12.7. The van der Waals surface area contributed by atoms with Gasteiger partial charge in [-0.3, -0.25) is 9.48 Å². The molecule has 6 heteroatoms. The maximum Gasteiger partial charge on any atom is 0.338 e. The van der Waals surface area contributed by atoms with Gasteiger partial charge in [-0.15, -0.1) is 0 Å². The molecule has 132 valence electrons. The molecule has 0 atom stereocenters. The van der Waals surface area contributed by atoms with Gasteiger partial charge in [-0.25, -0.2) is 4.79 Å². The van der Waals surface area contributed by atoms with Crippen molar-refractivity contribution in [1.82, 2.24) is 15.1 Å². The van der Waals surface area contributed by atoms with E-state index in [4.69, 9.17) is 4.74 Å². The Bertz CT molecular complexity index is 904. The quantitative estimate of drug-likeness (QED) is 0.695. The Morgan fingerprint density at radius 2 is 1.65 bits per heavy atom. The summed E-state index contributed by atoms with van der Waals surface area (Å²) in [4.78, 5) is 24.7. The second-order valence-electron chi connectivity index (χ2n) is 5.61. The molecular weight excluding hydrogens is 330 g/mol. The van der Waals surface area contributed by atoms with E-state index in [1.54, 1.807) is 35.1 Å². The lowest BCUT2D eigenvalue weighted by molar-refractivity contribution is 0.0601. The van der Waals surface area contributed by atoms with Crippen LogP contribution >= 0.6 is 0 Å². The Balaban J connectivity index is 1.84. The molecule has 0 aliphatic heterocycles. The summed E-state index contributed by atoms with van der Waals surface area (Å²) in [5.74, 6) is -0.637. The van der Waals surface area contributed by atoms with Crippen molar-refractivity contribution in [1.29, 1.82) is 0 Å². The minimum absolute atomic E-state index is 0.201. The van der Waals surface area contributed by atoms with Crippen LogP contribution in [0.15, 0.2) is 67.0 Å². The molecule has 0 fully saturated rings. The minimum atomic E-state index is -0.436. The van der Waals surface area contributed by atoms with Gasteiger partial charge in [-0.05, 0) is 29.3 Å². The van der Waals surface area contributed by atoms with Crippen LogP contribution in [-0.4, -0.2) is 35.3 Å². The van der Waals surface area contributed by atoms with Crippen LogP contribution in [0.2, 0.25) is 0 Å². The zero-order valence-electron chi connectivity index (χ0n) is 14.4. The number of carbonyl (C=O) groups is 2. The molecule has 0 saturated carbocycles. The predicted molar refractivity (Wildman–Crippen MR) is 97.8 cm³/mol. The van der Waals surface area contributed by atoms with Crippen molar-refractivity contribution in [3.8, 4) is 11.1 Å². The van der Waals surface area contributed by atoms with Crippen molar-refractivity contribution in [3.63, 3.8) is 0 Å². The summed E-state index contributed by atoms with van der Waals surface area (Å²) >= 11 is 0. The fourth-order valence-corrected chi connectivity index (χ4v) is 2.73. The van der Waals surface area contributed by atoms with Crippen LogP contribution in [0, 0.1) is 0 Å². The van der Waals surface area contributed by atoms with Crippen LogP contribution in [0.25, 0.3) is 11.1 Å². The predicted octanol–water partition coefficient (Wildman–Crippen LogP) is 2.77. The van der Waals surface area contributed by atoms with Gasteiger partial charge in [0, 0.05) is 24.5 Å². The maximum atomic E-state index is 12.7. The largest absolute Gasteiger partial charge is 0.465 e. The van der Waals surface area contributed by atoms with Crippen molar-refractivity contribution < 1.29 is 14.3 Å². The molecule has 1 aromatic heterocycles. The highest BCUT2D eigenvalue weighted by atomic mass is 16.5. The summed E-state index contributed by atoms with van der Waals surface area (Å²) in [5.41, 5.74) is 2.28. The number of benzene rings is 2. The number of hydrogen-bond donors (Lipinski definition) is 1. The smallest absolute Gasteiger partial charge is 0.338 e. The molecular formula is C20H19N3O3. The van der Waals surface area contributed by atoms with Crippen molar-refractivity contribution in [2.24, 2.45) is 0 Å². The first kappa shape index (κ1) is 17.4. The highest BCUT2D eigenvalue weighted by molar-refractivity contribution is 6.04. The number of carbonyl (C=O) groups excluding carboxylic acids is 2. The summed E-state index contributed by atoms with van der Waals surface area (Å²) in [6.07, 6.45) is 3.54. The van der Waals surface area contributed by atoms with Gasteiger partial charge in [-0.2, -0.15) is 5.10 Å². The summed E-state index contributed by atoms with van der Waals surface area (Å²) in [6.45, 7) is 1.03. The molecule has 26 heavy (non-hydrogen) atoms. The number of aromatic nitrogens is 2. The van der Waals surface area contributed by atoms with Crippen molar-refractivity contribution in [2.45, 2.75) is 6.54 Å². The normalized spacial score (nSPS) is 10.3. The van der Waals surface area contributed by atoms with E-state index >= 15 is 0 Å². The molecule has 1 amide bonds. The van der Waals surface area contributed by atoms with Gasteiger partial charge < -0.3 is 10.1 Å². The van der Waals surface area contributed by atoms with Crippen LogP contribution in [0.3, 0.4) is 0 Å². The third-order valence-corrected chi connectivity index (χ3v) is 3.98. The molecule has 0 saturated heterocycles. The van der Waals surface area contributed by atoms with Gasteiger partial charge in [0.25, 0.3) is 5.91 Å². The molecule has 0 bridgehead atoms. The van der Waals surface area contributed by atoms with E-state index in [0.29, 0.717) is 35.3 Å². The van der Waals surface area contributed by atoms with Gasteiger partial charge in [-0.1, -0.05) is 36.4 Å². The molecule has 0 aliphatic carbocycles. The number of ether oxygens (including phenoxy) is 1. The number of hydrogen-bond acceptors (Lipinski definition) is 4. The molecule has 1 heterocycles. The Labute approximate surface area is 151 Å². The summed E-state index contributed by atoms with van der Waals surface area (Å²) in [7, 11) is 1.34.